The van der Waals surface area contributed by atoms with Crippen LogP contribution in [-0.2, 0) is 17.9 Å². The molecule has 0 saturated heterocycles. The molecule has 1 fully saturated rings. The van der Waals surface area contributed by atoms with E-state index in [1.807, 2.05) is 28.8 Å². The van der Waals surface area contributed by atoms with Crippen LogP contribution < -0.4 is 5.69 Å². The molecule has 5 heteroatoms. The van der Waals surface area contributed by atoms with Gasteiger partial charge in [0.1, 0.15) is 0 Å². The van der Waals surface area contributed by atoms with Crippen molar-refractivity contribution >= 4 is 16.9 Å². The molecule has 0 radical (unpaired) electrons. The second-order valence-corrected chi connectivity index (χ2v) is 7.83. The first kappa shape index (κ1) is 18.7. The Hall–Kier alpha value is -2.04. The van der Waals surface area contributed by atoms with Gasteiger partial charge in [-0.25, -0.2) is 4.79 Å². The summed E-state index contributed by atoms with van der Waals surface area (Å²) in [6.45, 7) is 8.47. The lowest BCUT2D eigenvalue weighted by atomic mass is 10.1. The highest BCUT2D eigenvalue weighted by atomic mass is 16.2. The maximum Gasteiger partial charge on any atom is 0.329 e. The smallest absolute Gasteiger partial charge is 0.329 e. The summed E-state index contributed by atoms with van der Waals surface area (Å²) in [6, 6.07) is 8.31. The number of imidazole rings is 1. The molecule has 1 heterocycles. The Balaban J connectivity index is 1.75. The summed E-state index contributed by atoms with van der Waals surface area (Å²) in [5.41, 5.74) is 1.89. The van der Waals surface area contributed by atoms with Crippen molar-refractivity contribution < 1.29 is 4.79 Å². The molecule has 1 aromatic carbocycles. The van der Waals surface area contributed by atoms with Crippen LogP contribution in [-0.4, -0.2) is 32.5 Å². The van der Waals surface area contributed by atoms with E-state index < -0.39 is 0 Å². The van der Waals surface area contributed by atoms with Crippen molar-refractivity contribution in [3.8, 4) is 0 Å². The summed E-state index contributed by atoms with van der Waals surface area (Å²) < 4.78 is 3.60. The maximum absolute atomic E-state index is 12.8. The van der Waals surface area contributed by atoms with Gasteiger partial charge in [0.05, 0.1) is 11.0 Å². The number of fused-ring (bicyclic) bond motifs is 1. The van der Waals surface area contributed by atoms with E-state index in [2.05, 4.69) is 25.7 Å². The largest absolute Gasteiger partial charge is 0.340 e. The summed E-state index contributed by atoms with van der Waals surface area (Å²) in [7, 11) is 0. The third-order valence-corrected chi connectivity index (χ3v) is 5.18. The number of hydrogen-bond donors (Lipinski definition) is 0. The van der Waals surface area contributed by atoms with Gasteiger partial charge in [0.2, 0.25) is 5.91 Å². The van der Waals surface area contributed by atoms with Gasteiger partial charge >= 0.3 is 5.69 Å². The molecule has 0 bridgehead atoms. The van der Waals surface area contributed by atoms with Gasteiger partial charge in [0.25, 0.3) is 0 Å². The molecule has 1 aliphatic rings. The number of carbonyl (C=O) groups excluding carboxylic acids is 1. The second-order valence-electron chi connectivity index (χ2n) is 7.83. The zero-order valence-corrected chi connectivity index (χ0v) is 16.3. The maximum atomic E-state index is 12.8. The highest BCUT2D eigenvalue weighted by Crippen LogP contribution is 2.28. The van der Waals surface area contributed by atoms with Gasteiger partial charge in [-0.1, -0.05) is 32.9 Å². The van der Waals surface area contributed by atoms with Gasteiger partial charge in [-0.2, -0.15) is 0 Å². The highest BCUT2D eigenvalue weighted by molar-refractivity contribution is 5.78. The third-order valence-electron chi connectivity index (χ3n) is 5.18. The molecule has 0 unspecified atom stereocenters. The topological polar surface area (TPSA) is 47.2 Å². The normalized spacial score (nSPS) is 14.3. The van der Waals surface area contributed by atoms with Crippen LogP contribution in [0.4, 0.5) is 0 Å². The van der Waals surface area contributed by atoms with Crippen LogP contribution >= 0.6 is 0 Å². The van der Waals surface area contributed by atoms with E-state index in [0.29, 0.717) is 31.5 Å². The molecular formula is C21H31N3O2. The Morgan fingerprint density at radius 2 is 1.77 bits per heavy atom. The van der Waals surface area contributed by atoms with Crippen molar-refractivity contribution in [3.63, 3.8) is 0 Å². The molecule has 0 aliphatic heterocycles. The molecule has 0 atom stereocenters. The first-order valence-electron chi connectivity index (χ1n) is 10.0. The van der Waals surface area contributed by atoms with Gasteiger partial charge in [-0.05, 0) is 43.7 Å². The van der Waals surface area contributed by atoms with E-state index in [-0.39, 0.29) is 11.6 Å². The van der Waals surface area contributed by atoms with E-state index in [1.165, 1.54) is 0 Å². The Morgan fingerprint density at radius 3 is 2.31 bits per heavy atom. The number of carbonyl (C=O) groups is 1. The third kappa shape index (κ3) is 4.02. The molecular weight excluding hydrogens is 326 g/mol. The van der Waals surface area contributed by atoms with Crippen LogP contribution in [0, 0.1) is 5.92 Å². The molecule has 3 rings (SSSR count). The fourth-order valence-corrected chi connectivity index (χ4v) is 3.57. The van der Waals surface area contributed by atoms with Gasteiger partial charge in [-0.3, -0.25) is 13.9 Å². The average molecular weight is 357 g/mol. The van der Waals surface area contributed by atoms with Crippen molar-refractivity contribution in [3.05, 3.63) is 34.7 Å². The lowest BCUT2D eigenvalue weighted by Crippen LogP contribution is -2.36. The van der Waals surface area contributed by atoms with E-state index in [0.717, 1.165) is 43.3 Å². The fourth-order valence-electron chi connectivity index (χ4n) is 3.57. The summed E-state index contributed by atoms with van der Waals surface area (Å²) in [5.74, 6) is 0.783. The van der Waals surface area contributed by atoms with Crippen LogP contribution in [0.5, 0.6) is 0 Å². The summed E-state index contributed by atoms with van der Waals surface area (Å²) in [4.78, 5) is 27.7. The molecule has 2 aromatic rings. The molecule has 0 N–H and O–H groups in total. The van der Waals surface area contributed by atoms with Crippen molar-refractivity contribution in [2.24, 2.45) is 5.92 Å². The minimum Gasteiger partial charge on any atom is -0.340 e. The van der Waals surface area contributed by atoms with Crippen molar-refractivity contribution in [2.75, 3.05) is 6.54 Å². The predicted octanol–water partition coefficient (Wildman–Crippen LogP) is 3.64. The van der Waals surface area contributed by atoms with E-state index in [1.54, 1.807) is 4.57 Å². The summed E-state index contributed by atoms with van der Waals surface area (Å²) in [5, 5.41) is 0. The van der Waals surface area contributed by atoms with Crippen molar-refractivity contribution in [1.82, 2.24) is 14.0 Å². The van der Waals surface area contributed by atoms with Gasteiger partial charge < -0.3 is 4.90 Å². The molecule has 0 spiro atoms. The van der Waals surface area contributed by atoms with Gasteiger partial charge in [0, 0.05) is 32.1 Å². The van der Waals surface area contributed by atoms with E-state index in [9.17, 15) is 9.59 Å². The molecule has 1 aromatic heterocycles. The first-order chi connectivity index (χ1) is 12.5. The zero-order valence-electron chi connectivity index (χ0n) is 16.3. The molecule has 1 amide bonds. The molecule has 1 aliphatic carbocycles. The fraction of sp³-hybridized carbons (Fsp3) is 0.619. The van der Waals surface area contributed by atoms with Crippen LogP contribution in [0.2, 0.25) is 0 Å². The number of amides is 1. The van der Waals surface area contributed by atoms with Gasteiger partial charge in [0.15, 0.2) is 0 Å². The van der Waals surface area contributed by atoms with Gasteiger partial charge in [-0.15, -0.1) is 0 Å². The zero-order chi connectivity index (χ0) is 18.7. The average Bonchev–Trinajstić information content (AvgIpc) is 3.41. The van der Waals surface area contributed by atoms with E-state index >= 15 is 0 Å². The number of aromatic nitrogens is 2. The number of benzene rings is 1. The Bertz CT molecular complexity index is 814. The highest BCUT2D eigenvalue weighted by Gasteiger charge is 2.32. The number of rotatable bonds is 9. The predicted molar refractivity (Wildman–Crippen MR) is 105 cm³/mol. The number of para-hydroxylation sites is 2. The molecule has 5 nitrogen and oxygen atoms in total. The minimum absolute atomic E-state index is 0.000928. The monoisotopic (exact) mass is 357 g/mol. The summed E-state index contributed by atoms with van der Waals surface area (Å²) in [6.07, 6.45) is 4.60. The molecule has 26 heavy (non-hydrogen) atoms. The summed E-state index contributed by atoms with van der Waals surface area (Å²) >= 11 is 0. The Kier molecular flexibility index (Phi) is 5.84. The Morgan fingerprint density at radius 1 is 1.15 bits per heavy atom. The second kappa shape index (κ2) is 8.11. The lowest BCUT2D eigenvalue weighted by Gasteiger charge is -2.23. The standard InChI is InChI=1S/C21H31N3O2/c1-4-13-23-18-7-5-6-8-19(18)24(21(23)26)15-12-20(25)22(17-9-10-17)14-11-16(2)3/h5-8,16-17H,4,9-15H2,1-3H3. The quantitative estimate of drug-likeness (QED) is 0.688. The van der Waals surface area contributed by atoms with Crippen LogP contribution in [0.1, 0.15) is 52.9 Å². The SMILES string of the molecule is CCCn1c(=O)n(CCC(=O)N(CCC(C)C)C2CC2)c2ccccc21. The number of hydrogen-bond acceptors (Lipinski definition) is 2. The van der Waals surface area contributed by atoms with Crippen molar-refractivity contribution in [1.29, 1.82) is 0 Å². The number of aryl methyl sites for hydroxylation is 2. The van der Waals surface area contributed by atoms with Crippen LogP contribution in [0.15, 0.2) is 29.1 Å². The number of nitrogens with zero attached hydrogens (tertiary/aromatic N) is 3. The van der Waals surface area contributed by atoms with Crippen LogP contribution in [0.25, 0.3) is 11.0 Å². The Labute approximate surface area is 155 Å². The molecule has 142 valence electrons. The van der Waals surface area contributed by atoms with Crippen molar-refractivity contribution in [2.45, 2.75) is 72.0 Å². The van der Waals surface area contributed by atoms with Crippen LogP contribution in [0.3, 0.4) is 0 Å². The lowest BCUT2D eigenvalue weighted by molar-refractivity contribution is -0.132. The molecule has 1 saturated carbocycles. The van der Waals surface area contributed by atoms with E-state index in [4.69, 9.17) is 0 Å². The minimum atomic E-state index is 0.000928. The first-order valence-corrected chi connectivity index (χ1v) is 10.0.